The zero-order valence-electron chi connectivity index (χ0n) is 16.0. The van der Waals surface area contributed by atoms with Crippen molar-refractivity contribution in [3.8, 4) is 0 Å². The Labute approximate surface area is 160 Å². The first-order valence-electron chi connectivity index (χ1n) is 10.8. The number of carbonyl (C=O) groups excluding carboxylic acids is 1. The van der Waals surface area contributed by atoms with Crippen molar-refractivity contribution in [2.75, 3.05) is 19.6 Å². The molecule has 5 rings (SSSR count). The molecule has 1 amide bonds. The molecule has 4 aliphatic rings. The highest BCUT2D eigenvalue weighted by atomic mass is 16.2. The molecule has 0 unspecified atom stereocenters. The standard InChI is InChI=1S/C21H30N4O2/c26-20-8-6-17(22-23-20)7-9-21(27)24-11-14-10-16(13-24)19-3-1-2-18(15-4-5-15)25(19)12-14/h6,8,14-16,18-19H,1-5,7,9-13H2,(H,23,26)/t14-,16+,18+,19-/m0/s1. The third kappa shape index (κ3) is 3.56. The second-order valence-corrected chi connectivity index (χ2v) is 9.17. The molecule has 1 N–H and O–H groups in total. The van der Waals surface area contributed by atoms with Gasteiger partial charge in [0.2, 0.25) is 5.91 Å². The van der Waals surface area contributed by atoms with Gasteiger partial charge in [-0.3, -0.25) is 14.5 Å². The van der Waals surface area contributed by atoms with Gasteiger partial charge in [0.1, 0.15) is 0 Å². The Balaban J connectivity index is 1.21. The highest BCUT2D eigenvalue weighted by molar-refractivity contribution is 5.76. The molecule has 3 aliphatic heterocycles. The van der Waals surface area contributed by atoms with Gasteiger partial charge in [-0.05, 0) is 55.9 Å². The molecule has 6 nitrogen and oxygen atoms in total. The smallest absolute Gasteiger partial charge is 0.264 e. The van der Waals surface area contributed by atoms with Crippen molar-refractivity contribution < 1.29 is 4.79 Å². The van der Waals surface area contributed by atoms with E-state index < -0.39 is 0 Å². The van der Waals surface area contributed by atoms with Gasteiger partial charge in [-0.15, -0.1) is 0 Å². The summed E-state index contributed by atoms with van der Waals surface area (Å²) in [5, 5.41) is 6.47. The van der Waals surface area contributed by atoms with E-state index in [0.29, 0.717) is 30.7 Å². The van der Waals surface area contributed by atoms with E-state index in [1.807, 2.05) is 0 Å². The Hall–Kier alpha value is -1.69. The molecule has 4 heterocycles. The summed E-state index contributed by atoms with van der Waals surface area (Å²) in [6.45, 7) is 3.07. The third-order valence-electron chi connectivity index (χ3n) is 7.29. The van der Waals surface area contributed by atoms with Crippen molar-refractivity contribution in [3.63, 3.8) is 0 Å². The lowest BCUT2D eigenvalue weighted by Crippen LogP contribution is -2.62. The van der Waals surface area contributed by atoms with Gasteiger partial charge in [-0.25, -0.2) is 5.10 Å². The monoisotopic (exact) mass is 370 g/mol. The molecule has 146 valence electrons. The number of H-pyrrole nitrogens is 1. The van der Waals surface area contributed by atoms with Crippen LogP contribution in [0.1, 0.15) is 50.6 Å². The summed E-state index contributed by atoms with van der Waals surface area (Å²) in [4.78, 5) is 28.9. The van der Waals surface area contributed by atoms with Gasteiger partial charge in [-0.1, -0.05) is 6.42 Å². The predicted molar refractivity (Wildman–Crippen MR) is 102 cm³/mol. The van der Waals surface area contributed by atoms with E-state index >= 15 is 0 Å². The third-order valence-corrected chi connectivity index (χ3v) is 7.29. The van der Waals surface area contributed by atoms with Crippen molar-refractivity contribution in [3.05, 3.63) is 28.2 Å². The molecule has 4 atom stereocenters. The van der Waals surface area contributed by atoms with Crippen LogP contribution in [0.25, 0.3) is 0 Å². The van der Waals surface area contributed by atoms with Crippen LogP contribution in [0, 0.1) is 17.8 Å². The summed E-state index contributed by atoms with van der Waals surface area (Å²) in [7, 11) is 0. The number of fused-ring (bicyclic) bond motifs is 4. The number of amides is 1. The van der Waals surface area contributed by atoms with E-state index in [9.17, 15) is 9.59 Å². The van der Waals surface area contributed by atoms with Crippen molar-refractivity contribution in [1.82, 2.24) is 20.0 Å². The van der Waals surface area contributed by atoms with Crippen molar-refractivity contribution in [2.45, 2.75) is 63.5 Å². The molecular formula is C21H30N4O2. The van der Waals surface area contributed by atoms with E-state index in [0.717, 1.165) is 30.7 Å². The summed E-state index contributed by atoms with van der Waals surface area (Å²) in [5.41, 5.74) is 0.585. The summed E-state index contributed by atoms with van der Waals surface area (Å²) >= 11 is 0. The Bertz CT molecular complexity index is 738. The van der Waals surface area contributed by atoms with Crippen LogP contribution >= 0.6 is 0 Å². The number of piperidine rings is 3. The molecule has 0 aromatic carbocycles. The fraction of sp³-hybridized carbons (Fsp3) is 0.762. The molecule has 3 saturated heterocycles. The van der Waals surface area contributed by atoms with Crippen LogP contribution < -0.4 is 5.56 Å². The number of likely N-dealkylation sites (tertiary alicyclic amines) is 1. The van der Waals surface area contributed by atoms with Crippen molar-refractivity contribution in [2.24, 2.45) is 17.8 Å². The molecular weight excluding hydrogens is 340 g/mol. The zero-order valence-corrected chi connectivity index (χ0v) is 16.0. The van der Waals surface area contributed by atoms with E-state index in [2.05, 4.69) is 20.0 Å². The minimum absolute atomic E-state index is 0.199. The molecule has 0 spiro atoms. The SMILES string of the molecule is O=C(CCc1ccc(=O)[nH]n1)N1C[C@@H]2C[C@H](C1)[C@@H]1CCC[C@H](C3CC3)N1C2. The van der Waals surface area contributed by atoms with Gasteiger partial charge in [0.15, 0.2) is 0 Å². The maximum absolute atomic E-state index is 12.8. The van der Waals surface area contributed by atoms with Crippen molar-refractivity contribution >= 4 is 5.91 Å². The number of aromatic nitrogens is 2. The highest BCUT2D eigenvalue weighted by Gasteiger charge is 2.48. The van der Waals surface area contributed by atoms with E-state index in [-0.39, 0.29) is 11.5 Å². The zero-order chi connectivity index (χ0) is 18.4. The number of aryl methyl sites for hydroxylation is 1. The van der Waals surface area contributed by atoms with E-state index in [1.165, 1.54) is 51.1 Å². The van der Waals surface area contributed by atoms with E-state index in [4.69, 9.17) is 0 Å². The van der Waals surface area contributed by atoms with E-state index in [1.54, 1.807) is 6.07 Å². The molecule has 1 saturated carbocycles. The predicted octanol–water partition coefficient (Wildman–Crippen LogP) is 1.81. The van der Waals surface area contributed by atoms with Gasteiger partial charge in [0.05, 0.1) is 5.69 Å². The number of carbonyl (C=O) groups is 1. The Morgan fingerprint density at radius 1 is 1.07 bits per heavy atom. The van der Waals surface area contributed by atoms with Crippen LogP contribution in [-0.4, -0.2) is 57.6 Å². The lowest BCUT2D eigenvalue weighted by Gasteiger charge is -2.55. The second-order valence-electron chi connectivity index (χ2n) is 9.17. The van der Waals surface area contributed by atoms with Crippen LogP contribution in [0.5, 0.6) is 0 Å². The number of nitrogens with zero attached hydrogens (tertiary/aromatic N) is 3. The average Bonchev–Trinajstić information content (AvgIpc) is 3.52. The first-order valence-corrected chi connectivity index (χ1v) is 10.8. The maximum atomic E-state index is 12.8. The molecule has 2 bridgehead atoms. The number of nitrogens with one attached hydrogen (secondary N) is 1. The fourth-order valence-corrected chi connectivity index (χ4v) is 5.94. The molecule has 6 heteroatoms. The Kier molecular flexibility index (Phi) is 4.54. The number of hydrogen-bond acceptors (Lipinski definition) is 4. The molecule has 1 aliphatic carbocycles. The highest BCUT2D eigenvalue weighted by Crippen LogP contribution is 2.46. The van der Waals surface area contributed by atoms with Crippen molar-refractivity contribution in [1.29, 1.82) is 0 Å². The average molecular weight is 370 g/mol. The minimum Gasteiger partial charge on any atom is -0.342 e. The Morgan fingerprint density at radius 3 is 2.63 bits per heavy atom. The topological polar surface area (TPSA) is 69.3 Å². The second kappa shape index (κ2) is 7.04. The summed E-state index contributed by atoms with van der Waals surface area (Å²) in [5.74, 6) is 2.53. The van der Waals surface area contributed by atoms with Gasteiger partial charge in [0, 0.05) is 50.6 Å². The Morgan fingerprint density at radius 2 is 1.89 bits per heavy atom. The summed E-state index contributed by atoms with van der Waals surface area (Å²) in [6, 6.07) is 4.74. The number of aromatic amines is 1. The van der Waals surface area contributed by atoms with Crippen LogP contribution in [0.2, 0.25) is 0 Å². The van der Waals surface area contributed by atoms with Gasteiger partial charge < -0.3 is 4.90 Å². The lowest BCUT2D eigenvalue weighted by molar-refractivity contribution is -0.139. The first-order chi connectivity index (χ1) is 13.2. The first kappa shape index (κ1) is 17.4. The molecule has 1 aromatic rings. The normalized spacial score (nSPS) is 33.6. The van der Waals surface area contributed by atoms with Crippen LogP contribution in [-0.2, 0) is 11.2 Å². The molecule has 4 fully saturated rings. The molecule has 0 radical (unpaired) electrons. The van der Waals surface area contributed by atoms with Gasteiger partial charge in [0.25, 0.3) is 5.56 Å². The van der Waals surface area contributed by atoms with Crippen LogP contribution in [0.4, 0.5) is 0 Å². The summed E-state index contributed by atoms with van der Waals surface area (Å²) < 4.78 is 0. The van der Waals surface area contributed by atoms with Crippen LogP contribution in [0.15, 0.2) is 16.9 Å². The number of rotatable bonds is 4. The van der Waals surface area contributed by atoms with Gasteiger partial charge in [-0.2, -0.15) is 5.10 Å². The maximum Gasteiger partial charge on any atom is 0.264 e. The summed E-state index contributed by atoms with van der Waals surface area (Å²) in [6.07, 6.45) is 9.36. The van der Waals surface area contributed by atoms with Gasteiger partial charge >= 0.3 is 0 Å². The number of hydrogen-bond donors (Lipinski definition) is 1. The minimum atomic E-state index is -0.199. The largest absolute Gasteiger partial charge is 0.342 e. The fourth-order valence-electron chi connectivity index (χ4n) is 5.94. The van der Waals surface area contributed by atoms with Crippen LogP contribution in [0.3, 0.4) is 0 Å². The lowest BCUT2D eigenvalue weighted by atomic mass is 9.74. The molecule has 1 aromatic heterocycles. The quantitative estimate of drug-likeness (QED) is 0.878. The molecule has 27 heavy (non-hydrogen) atoms.